The molecule has 278 valence electrons. The fourth-order valence-electron chi connectivity index (χ4n) is 4.98. The predicted octanol–water partition coefficient (Wildman–Crippen LogP) is 0.835. The van der Waals surface area contributed by atoms with E-state index in [9.17, 15) is 33.6 Å². The fourth-order valence-corrected chi connectivity index (χ4v) is 4.98. The van der Waals surface area contributed by atoms with Crippen molar-refractivity contribution < 1.29 is 76.2 Å². The molecule has 1 fully saturated rings. The zero-order valence-corrected chi connectivity index (χ0v) is 28.9. The molecule has 0 bridgehead atoms. The molecule has 0 spiro atoms. The number of aromatic nitrogens is 3. The van der Waals surface area contributed by atoms with E-state index in [1.54, 1.807) is 30.3 Å². The normalized spacial score (nSPS) is 21.5. The van der Waals surface area contributed by atoms with Gasteiger partial charge in [0.15, 0.2) is 36.8 Å². The molecule has 1 saturated heterocycles. The minimum atomic E-state index is -1.84. The van der Waals surface area contributed by atoms with E-state index in [2.05, 4.69) is 10.2 Å². The summed E-state index contributed by atoms with van der Waals surface area (Å²) in [6, 6.07) is 8.62. The first-order valence-electron chi connectivity index (χ1n) is 15.5. The van der Waals surface area contributed by atoms with Gasteiger partial charge in [0.1, 0.15) is 31.1 Å². The van der Waals surface area contributed by atoms with Crippen molar-refractivity contribution in [1.82, 2.24) is 15.0 Å². The molecule has 0 amide bonds. The molecule has 0 saturated carbocycles. The standard InChI is InChI=1S/C32H39N3O16/c1-16(36)43-14-25(45-18(3)38)28(27(46-19(4)39)24-13-33-35(34-24)23-11-9-8-10-12-23)51-32-31(49-22(7)42)30(48-21(6)41)29(47-20(5)40)26(50-32)15-44-17(2)37/h8-13,25-32H,14-15H2,1-7H3/t25?,26-,27?,28?,29-,30-,31+,32+/m0/s1. The monoisotopic (exact) mass is 721 g/mol. The van der Waals surface area contributed by atoms with Crippen LogP contribution >= 0.6 is 0 Å². The van der Waals surface area contributed by atoms with Gasteiger partial charge in [0.25, 0.3) is 0 Å². The highest BCUT2D eigenvalue weighted by atomic mass is 16.7. The van der Waals surface area contributed by atoms with Gasteiger partial charge in [-0.1, -0.05) is 18.2 Å². The molecule has 2 aromatic rings. The largest absolute Gasteiger partial charge is 0.463 e. The molecular weight excluding hydrogens is 682 g/mol. The van der Waals surface area contributed by atoms with Gasteiger partial charge in [0.05, 0.1) is 11.9 Å². The third-order valence-corrected chi connectivity index (χ3v) is 6.75. The molecule has 3 rings (SSSR count). The van der Waals surface area contributed by atoms with E-state index in [0.717, 1.165) is 48.5 Å². The van der Waals surface area contributed by atoms with Crippen LogP contribution in [0.3, 0.4) is 0 Å². The van der Waals surface area contributed by atoms with E-state index in [-0.39, 0.29) is 5.69 Å². The lowest BCUT2D eigenvalue weighted by Crippen LogP contribution is -2.64. The number of carbonyl (C=O) groups excluding carboxylic acids is 7. The van der Waals surface area contributed by atoms with E-state index in [4.69, 9.17) is 42.6 Å². The van der Waals surface area contributed by atoms with Crippen molar-refractivity contribution in [3.63, 3.8) is 0 Å². The van der Waals surface area contributed by atoms with Gasteiger partial charge in [-0.15, -0.1) is 5.10 Å². The van der Waals surface area contributed by atoms with Gasteiger partial charge in [-0.05, 0) is 12.1 Å². The van der Waals surface area contributed by atoms with Gasteiger partial charge in [-0.3, -0.25) is 33.6 Å². The number of hydrogen-bond donors (Lipinski definition) is 0. The Hall–Kier alpha value is -5.43. The molecule has 0 aliphatic carbocycles. The van der Waals surface area contributed by atoms with Crippen molar-refractivity contribution in [2.24, 2.45) is 0 Å². The van der Waals surface area contributed by atoms with Crippen molar-refractivity contribution in [1.29, 1.82) is 0 Å². The quantitative estimate of drug-likeness (QED) is 0.183. The first-order valence-corrected chi connectivity index (χ1v) is 15.5. The lowest BCUT2D eigenvalue weighted by Gasteiger charge is -2.45. The molecule has 0 N–H and O–H groups in total. The maximum absolute atomic E-state index is 12.6. The smallest absolute Gasteiger partial charge is 0.303 e. The maximum Gasteiger partial charge on any atom is 0.303 e. The molecule has 1 aromatic carbocycles. The molecule has 1 aliphatic heterocycles. The number of hydrogen-bond acceptors (Lipinski definition) is 18. The molecule has 51 heavy (non-hydrogen) atoms. The number of esters is 7. The van der Waals surface area contributed by atoms with Gasteiger partial charge in [0.2, 0.25) is 0 Å². The Morgan fingerprint density at radius 1 is 0.706 bits per heavy atom. The van der Waals surface area contributed by atoms with Crippen LogP contribution in [0, 0.1) is 0 Å². The Kier molecular flexibility index (Phi) is 14.5. The highest BCUT2D eigenvalue weighted by molar-refractivity contribution is 5.69. The van der Waals surface area contributed by atoms with E-state index in [1.807, 2.05) is 0 Å². The fraction of sp³-hybridized carbons (Fsp3) is 0.531. The van der Waals surface area contributed by atoms with Crippen LogP contribution in [0.25, 0.3) is 5.69 Å². The second-order valence-corrected chi connectivity index (χ2v) is 11.0. The molecular formula is C32H39N3O16. The SMILES string of the molecule is CC(=O)OCC(OC(C)=O)C(O[C@H]1O[C@@H](COC(C)=O)[C@H](OC(C)=O)[C@H](OC(C)=O)[C@H]1OC(C)=O)C(OC(C)=O)c1cnn(-c2ccccc2)n1. The third-order valence-electron chi connectivity index (χ3n) is 6.75. The van der Waals surface area contributed by atoms with Crippen LogP contribution in [-0.2, 0) is 76.2 Å². The third kappa shape index (κ3) is 12.1. The summed E-state index contributed by atoms with van der Waals surface area (Å²) in [6.45, 7) is 6.20. The zero-order chi connectivity index (χ0) is 37.8. The molecule has 1 aromatic heterocycles. The van der Waals surface area contributed by atoms with Crippen molar-refractivity contribution >= 4 is 41.8 Å². The Labute approximate surface area is 291 Å². The van der Waals surface area contributed by atoms with Crippen LogP contribution in [-0.4, -0.2) is 113 Å². The Morgan fingerprint density at radius 2 is 1.27 bits per heavy atom. The molecule has 8 atom stereocenters. The van der Waals surface area contributed by atoms with E-state index in [1.165, 1.54) is 11.0 Å². The predicted molar refractivity (Wildman–Crippen MR) is 165 cm³/mol. The van der Waals surface area contributed by atoms with Crippen molar-refractivity contribution in [3.8, 4) is 5.69 Å². The number of ether oxygens (including phenoxy) is 9. The molecule has 19 nitrogen and oxygen atoms in total. The Bertz CT molecular complexity index is 1560. The topological polar surface area (TPSA) is 233 Å². The first-order chi connectivity index (χ1) is 24.0. The molecule has 1 aliphatic rings. The minimum absolute atomic E-state index is 0.0512. The minimum Gasteiger partial charge on any atom is -0.463 e. The summed E-state index contributed by atoms with van der Waals surface area (Å²) in [4.78, 5) is 86.8. The van der Waals surface area contributed by atoms with Crippen molar-refractivity contribution in [2.75, 3.05) is 13.2 Å². The van der Waals surface area contributed by atoms with Crippen molar-refractivity contribution in [3.05, 3.63) is 42.2 Å². The van der Waals surface area contributed by atoms with Gasteiger partial charge >= 0.3 is 41.8 Å². The van der Waals surface area contributed by atoms with Crippen LogP contribution in [0.2, 0.25) is 0 Å². The Morgan fingerprint density at radius 3 is 1.82 bits per heavy atom. The molecule has 19 heteroatoms. The highest BCUT2D eigenvalue weighted by Crippen LogP contribution is 2.35. The summed E-state index contributed by atoms with van der Waals surface area (Å²) in [5.74, 6) is -5.97. The summed E-state index contributed by atoms with van der Waals surface area (Å²) in [7, 11) is 0. The number of nitrogens with zero attached hydrogens (tertiary/aromatic N) is 3. The van der Waals surface area contributed by atoms with Gasteiger partial charge in [0, 0.05) is 48.5 Å². The molecule has 3 unspecified atom stereocenters. The number of para-hydroxylation sites is 1. The summed E-state index contributed by atoms with van der Waals surface area (Å²) in [5.41, 5.74) is 0.462. The zero-order valence-electron chi connectivity index (χ0n) is 28.9. The summed E-state index contributed by atoms with van der Waals surface area (Å²) >= 11 is 0. The number of rotatable bonds is 15. The summed E-state index contributed by atoms with van der Waals surface area (Å²) in [6.07, 6.45) is -11.8. The average molecular weight is 722 g/mol. The van der Waals surface area contributed by atoms with Crippen LogP contribution in [0.4, 0.5) is 0 Å². The second kappa shape index (κ2) is 18.5. The summed E-state index contributed by atoms with van der Waals surface area (Å²) < 4.78 is 50.2. The van der Waals surface area contributed by atoms with Crippen LogP contribution in [0.15, 0.2) is 36.5 Å². The van der Waals surface area contributed by atoms with Crippen LogP contribution in [0.5, 0.6) is 0 Å². The van der Waals surface area contributed by atoms with E-state index < -0.39 is 104 Å². The maximum atomic E-state index is 12.6. The first kappa shape index (κ1) is 40.0. The Balaban J connectivity index is 2.23. The average Bonchev–Trinajstić information content (AvgIpc) is 3.52. The number of carbonyl (C=O) groups is 7. The van der Waals surface area contributed by atoms with Gasteiger partial charge in [-0.2, -0.15) is 9.90 Å². The molecule has 2 heterocycles. The van der Waals surface area contributed by atoms with Gasteiger partial charge in [-0.25, -0.2) is 0 Å². The van der Waals surface area contributed by atoms with Gasteiger partial charge < -0.3 is 42.6 Å². The van der Waals surface area contributed by atoms with Crippen LogP contribution < -0.4 is 0 Å². The van der Waals surface area contributed by atoms with E-state index >= 15 is 0 Å². The molecule has 0 radical (unpaired) electrons. The summed E-state index contributed by atoms with van der Waals surface area (Å²) in [5, 5.41) is 8.66. The highest BCUT2D eigenvalue weighted by Gasteiger charge is 2.55. The van der Waals surface area contributed by atoms with Crippen LogP contribution in [0.1, 0.15) is 60.3 Å². The lowest BCUT2D eigenvalue weighted by atomic mass is 9.97. The lowest BCUT2D eigenvalue weighted by molar-refractivity contribution is -0.329. The van der Waals surface area contributed by atoms with Crippen molar-refractivity contribution in [2.45, 2.75) is 97.5 Å². The van der Waals surface area contributed by atoms with E-state index in [0.29, 0.717) is 5.69 Å². The number of benzene rings is 1. The second-order valence-electron chi connectivity index (χ2n) is 11.0.